The normalized spacial score (nSPS) is 11.1. The predicted molar refractivity (Wildman–Crippen MR) is 73.9 cm³/mol. The maximum Gasteiger partial charge on any atom is 0.117 e. The van der Waals surface area contributed by atoms with Crippen LogP contribution in [0.5, 0.6) is 0 Å². The van der Waals surface area contributed by atoms with Crippen LogP contribution in [0.15, 0.2) is 22.8 Å². The standard InChI is InChI=1S/C12H16N2OS2/c1-2-3-5-15-6-8-17-12-11-10(4-7-16-11)13-9-14-12/h4,7,9H,2-3,5-6,8H2,1H3. The van der Waals surface area contributed by atoms with Crippen molar-refractivity contribution in [3.8, 4) is 0 Å². The molecule has 0 saturated carbocycles. The van der Waals surface area contributed by atoms with E-state index in [9.17, 15) is 0 Å². The van der Waals surface area contributed by atoms with E-state index in [4.69, 9.17) is 4.74 Å². The van der Waals surface area contributed by atoms with Gasteiger partial charge in [0.2, 0.25) is 0 Å². The van der Waals surface area contributed by atoms with Gasteiger partial charge in [0.25, 0.3) is 0 Å². The van der Waals surface area contributed by atoms with E-state index in [0.717, 1.165) is 35.9 Å². The molecule has 3 nitrogen and oxygen atoms in total. The van der Waals surface area contributed by atoms with Gasteiger partial charge in [0.1, 0.15) is 11.4 Å². The number of fused-ring (bicyclic) bond motifs is 1. The SMILES string of the molecule is CCCCOCCSc1ncnc2ccsc12. The number of hydrogen-bond donors (Lipinski definition) is 0. The van der Waals surface area contributed by atoms with Crippen molar-refractivity contribution in [1.29, 1.82) is 0 Å². The average Bonchev–Trinajstić information content (AvgIpc) is 2.82. The van der Waals surface area contributed by atoms with Gasteiger partial charge in [0.05, 0.1) is 16.8 Å². The molecule has 2 aromatic heterocycles. The second-order valence-electron chi connectivity index (χ2n) is 3.63. The quantitative estimate of drug-likeness (QED) is 0.436. The third-order valence-corrected chi connectivity index (χ3v) is 4.31. The minimum Gasteiger partial charge on any atom is -0.381 e. The highest BCUT2D eigenvalue weighted by atomic mass is 32.2. The number of unbranched alkanes of at least 4 members (excludes halogenated alkanes) is 1. The van der Waals surface area contributed by atoms with E-state index < -0.39 is 0 Å². The van der Waals surface area contributed by atoms with Crippen molar-refractivity contribution in [2.24, 2.45) is 0 Å². The summed E-state index contributed by atoms with van der Waals surface area (Å²) in [5, 5.41) is 3.13. The van der Waals surface area contributed by atoms with Crippen molar-refractivity contribution in [3.63, 3.8) is 0 Å². The Labute approximate surface area is 110 Å². The monoisotopic (exact) mass is 268 g/mol. The molecule has 0 fully saturated rings. The lowest BCUT2D eigenvalue weighted by Gasteiger charge is -2.03. The smallest absolute Gasteiger partial charge is 0.117 e. The van der Waals surface area contributed by atoms with Gasteiger partial charge in [0, 0.05) is 12.4 Å². The first-order valence-corrected chi connectivity index (χ1v) is 7.67. The largest absolute Gasteiger partial charge is 0.381 e. The number of rotatable bonds is 7. The first-order chi connectivity index (χ1) is 8.42. The summed E-state index contributed by atoms with van der Waals surface area (Å²) in [6, 6.07) is 2.03. The van der Waals surface area contributed by atoms with Crippen LogP contribution in [-0.2, 0) is 4.74 Å². The van der Waals surface area contributed by atoms with Crippen LogP contribution in [0, 0.1) is 0 Å². The molecular weight excluding hydrogens is 252 g/mol. The summed E-state index contributed by atoms with van der Waals surface area (Å²) < 4.78 is 6.71. The summed E-state index contributed by atoms with van der Waals surface area (Å²) in [6.45, 7) is 3.84. The van der Waals surface area contributed by atoms with Gasteiger partial charge in [-0.2, -0.15) is 0 Å². The van der Waals surface area contributed by atoms with Crippen molar-refractivity contribution >= 4 is 33.3 Å². The lowest BCUT2D eigenvalue weighted by molar-refractivity contribution is 0.147. The molecular formula is C12H16N2OS2. The van der Waals surface area contributed by atoms with Crippen molar-refractivity contribution in [2.75, 3.05) is 19.0 Å². The molecule has 5 heteroatoms. The van der Waals surface area contributed by atoms with Gasteiger partial charge >= 0.3 is 0 Å². The molecule has 0 N–H and O–H groups in total. The van der Waals surface area contributed by atoms with E-state index in [1.807, 2.05) is 6.07 Å². The molecule has 92 valence electrons. The fourth-order valence-electron chi connectivity index (χ4n) is 1.41. The van der Waals surface area contributed by atoms with Crippen LogP contribution in [0.1, 0.15) is 19.8 Å². The minimum absolute atomic E-state index is 0.793. The van der Waals surface area contributed by atoms with Gasteiger partial charge < -0.3 is 4.74 Å². The Morgan fingerprint density at radius 3 is 3.18 bits per heavy atom. The molecule has 0 aromatic carbocycles. The van der Waals surface area contributed by atoms with Crippen LogP contribution in [0.4, 0.5) is 0 Å². The number of thioether (sulfide) groups is 1. The molecule has 0 saturated heterocycles. The van der Waals surface area contributed by atoms with E-state index >= 15 is 0 Å². The predicted octanol–water partition coefficient (Wildman–Crippen LogP) is 3.60. The summed E-state index contributed by atoms with van der Waals surface area (Å²) in [5.41, 5.74) is 1.04. The molecule has 0 bridgehead atoms. The van der Waals surface area contributed by atoms with E-state index in [1.54, 1.807) is 29.4 Å². The van der Waals surface area contributed by atoms with Crippen LogP contribution in [-0.4, -0.2) is 28.9 Å². The highest BCUT2D eigenvalue weighted by Crippen LogP contribution is 2.28. The zero-order chi connectivity index (χ0) is 11.9. The average molecular weight is 268 g/mol. The van der Waals surface area contributed by atoms with Crippen molar-refractivity contribution in [1.82, 2.24) is 9.97 Å². The molecule has 2 aromatic rings. The number of thiophene rings is 1. The molecule has 0 atom stereocenters. The molecule has 2 rings (SSSR count). The van der Waals surface area contributed by atoms with Gasteiger partial charge in [-0.3, -0.25) is 0 Å². The second-order valence-corrected chi connectivity index (χ2v) is 5.63. The number of nitrogens with zero attached hydrogens (tertiary/aromatic N) is 2. The molecule has 0 unspecified atom stereocenters. The first kappa shape index (κ1) is 12.8. The van der Waals surface area contributed by atoms with Gasteiger partial charge in [-0.15, -0.1) is 23.1 Å². The third kappa shape index (κ3) is 3.66. The highest BCUT2D eigenvalue weighted by molar-refractivity contribution is 7.99. The Kier molecular flexibility index (Phi) is 5.22. The zero-order valence-corrected chi connectivity index (χ0v) is 11.5. The van der Waals surface area contributed by atoms with Crippen molar-refractivity contribution < 1.29 is 4.74 Å². The van der Waals surface area contributed by atoms with Crippen LogP contribution >= 0.6 is 23.1 Å². The summed E-state index contributed by atoms with van der Waals surface area (Å²) in [5.74, 6) is 0.952. The maximum absolute atomic E-state index is 5.53. The summed E-state index contributed by atoms with van der Waals surface area (Å²) >= 11 is 3.45. The van der Waals surface area contributed by atoms with Gasteiger partial charge in [-0.25, -0.2) is 9.97 Å². The first-order valence-electron chi connectivity index (χ1n) is 5.80. The van der Waals surface area contributed by atoms with Gasteiger partial charge in [-0.1, -0.05) is 13.3 Å². The molecule has 0 spiro atoms. The van der Waals surface area contributed by atoms with Gasteiger partial charge in [-0.05, 0) is 17.9 Å². The minimum atomic E-state index is 0.793. The van der Waals surface area contributed by atoms with Crippen LogP contribution in [0.2, 0.25) is 0 Å². The van der Waals surface area contributed by atoms with E-state index in [-0.39, 0.29) is 0 Å². The molecule has 0 amide bonds. The fourth-order valence-corrected chi connectivity index (χ4v) is 3.22. The van der Waals surface area contributed by atoms with Crippen LogP contribution in [0.3, 0.4) is 0 Å². The summed E-state index contributed by atoms with van der Waals surface area (Å²) in [4.78, 5) is 8.55. The Balaban J connectivity index is 1.80. The van der Waals surface area contributed by atoms with Crippen molar-refractivity contribution in [3.05, 3.63) is 17.8 Å². The van der Waals surface area contributed by atoms with E-state index in [1.165, 1.54) is 11.1 Å². The Morgan fingerprint density at radius 2 is 2.29 bits per heavy atom. The maximum atomic E-state index is 5.53. The van der Waals surface area contributed by atoms with Crippen molar-refractivity contribution in [2.45, 2.75) is 24.8 Å². The highest BCUT2D eigenvalue weighted by Gasteiger charge is 2.04. The Bertz CT molecular complexity index is 458. The molecule has 0 aliphatic heterocycles. The third-order valence-electron chi connectivity index (χ3n) is 2.32. The van der Waals surface area contributed by atoms with Gasteiger partial charge in [0.15, 0.2) is 0 Å². The lowest BCUT2D eigenvalue weighted by Crippen LogP contribution is -1.99. The topological polar surface area (TPSA) is 35.0 Å². The number of aromatic nitrogens is 2. The lowest BCUT2D eigenvalue weighted by atomic mass is 10.4. The fraction of sp³-hybridized carbons (Fsp3) is 0.500. The summed E-state index contributed by atoms with van der Waals surface area (Å²) in [6.07, 6.45) is 3.97. The zero-order valence-electron chi connectivity index (χ0n) is 9.89. The molecule has 0 radical (unpaired) electrons. The van der Waals surface area contributed by atoms with Crippen LogP contribution in [0.25, 0.3) is 10.2 Å². The second kappa shape index (κ2) is 6.93. The Hall–Kier alpha value is -0.650. The number of ether oxygens (including phenoxy) is 1. The molecule has 0 aliphatic rings. The molecule has 17 heavy (non-hydrogen) atoms. The van der Waals surface area contributed by atoms with E-state index in [0.29, 0.717) is 0 Å². The number of hydrogen-bond acceptors (Lipinski definition) is 5. The Morgan fingerprint density at radius 1 is 1.35 bits per heavy atom. The molecule has 2 heterocycles. The van der Waals surface area contributed by atoms with Crippen LogP contribution < -0.4 is 0 Å². The van der Waals surface area contributed by atoms with E-state index in [2.05, 4.69) is 22.3 Å². The summed E-state index contributed by atoms with van der Waals surface area (Å²) in [7, 11) is 0. The molecule has 0 aliphatic carbocycles.